The maximum atomic E-state index is 12.3. The van der Waals surface area contributed by atoms with Crippen LogP contribution in [0.5, 0.6) is 0 Å². The minimum atomic E-state index is -0.0155. The Labute approximate surface area is 121 Å². The lowest BCUT2D eigenvalue weighted by atomic mass is 10.0. The Morgan fingerprint density at radius 2 is 2.20 bits per heavy atom. The normalized spacial score (nSPS) is 18.8. The highest BCUT2D eigenvalue weighted by molar-refractivity contribution is 7.03. The number of piperidine rings is 1. The smallest absolute Gasteiger partial charge is 0.275 e. The Balaban J connectivity index is 1.63. The summed E-state index contributed by atoms with van der Waals surface area (Å²) >= 11 is 1.21. The first-order valence-corrected chi connectivity index (χ1v) is 7.54. The van der Waals surface area contributed by atoms with E-state index >= 15 is 0 Å². The lowest BCUT2D eigenvalue weighted by Gasteiger charge is -2.33. The standard InChI is InChI=1S/C14H16N4OS/c19-14(13-10-20-17-16-13)18-8-4-7-12(9-18)15-11-5-2-1-3-6-11/h1-3,5-6,10,12,15H,4,7-9H2/t12-/m1/s1. The number of nitrogens with one attached hydrogen (secondary N) is 1. The summed E-state index contributed by atoms with van der Waals surface area (Å²) in [5, 5.41) is 9.05. The van der Waals surface area contributed by atoms with Crippen LogP contribution in [0.25, 0.3) is 0 Å². The molecule has 1 aromatic carbocycles. The van der Waals surface area contributed by atoms with Crippen LogP contribution in [-0.2, 0) is 0 Å². The lowest BCUT2D eigenvalue weighted by molar-refractivity contribution is 0.0709. The molecule has 0 saturated carbocycles. The molecule has 0 radical (unpaired) electrons. The van der Waals surface area contributed by atoms with Crippen LogP contribution < -0.4 is 5.32 Å². The maximum Gasteiger partial charge on any atom is 0.275 e. The van der Waals surface area contributed by atoms with Crippen LogP contribution in [0.4, 0.5) is 5.69 Å². The number of carbonyl (C=O) groups excluding carboxylic acids is 1. The van der Waals surface area contributed by atoms with Crippen molar-refractivity contribution in [1.29, 1.82) is 0 Å². The number of hydrogen-bond donors (Lipinski definition) is 1. The molecule has 0 aliphatic carbocycles. The molecule has 6 heteroatoms. The average molecular weight is 288 g/mol. The summed E-state index contributed by atoms with van der Waals surface area (Å²) < 4.78 is 3.75. The van der Waals surface area contributed by atoms with Gasteiger partial charge < -0.3 is 10.2 Å². The first-order valence-electron chi connectivity index (χ1n) is 6.71. The molecule has 1 aliphatic heterocycles. The molecule has 1 atom stereocenters. The third-order valence-corrected chi connectivity index (χ3v) is 3.94. The molecule has 1 fully saturated rings. The monoisotopic (exact) mass is 288 g/mol. The van der Waals surface area contributed by atoms with Gasteiger partial charge in [-0.3, -0.25) is 4.79 Å². The summed E-state index contributed by atoms with van der Waals surface area (Å²) in [4.78, 5) is 14.1. The van der Waals surface area contributed by atoms with E-state index in [1.165, 1.54) is 11.5 Å². The third-order valence-electron chi connectivity index (χ3n) is 3.43. The summed E-state index contributed by atoms with van der Waals surface area (Å²) in [5.74, 6) is -0.0155. The van der Waals surface area contributed by atoms with E-state index in [0.29, 0.717) is 18.3 Å². The minimum absolute atomic E-state index is 0.0155. The van der Waals surface area contributed by atoms with Crippen molar-refractivity contribution in [2.75, 3.05) is 18.4 Å². The van der Waals surface area contributed by atoms with Crippen LogP contribution in [0.2, 0.25) is 0 Å². The van der Waals surface area contributed by atoms with E-state index in [0.717, 1.165) is 25.1 Å². The number of para-hydroxylation sites is 1. The Kier molecular flexibility index (Phi) is 3.92. The number of carbonyl (C=O) groups is 1. The maximum absolute atomic E-state index is 12.3. The molecule has 5 nitrogen and oxygen atoms in total. The molecule has 1 amide bonds. The average Bonchev–Trinajstić information content (AvgIpc) is 3.02. The van der Waals surface area contributed by atoms with Gasteiger partial charge in [0.25, 0.3) is 5.91 Å². The lowest BCUT2D eigenvalue weighted by Crippen LogP contribution is -2.45. The van der Waals surface area contributed by atoms with Crippen LogP contribution in [0.1, 0.15) is 23.3 Å². The SMILES string of the molecule is O=C(c1csnn1)N1CCC[C@@H](Nc2ccccc2)C1. The quantitative estimate of drug-likeness (QED) is 0.941. The molecular formula is C14H16N4OS. The van der Waals surface area contributed by atoms with E-state index in [2.05, 4.69) is 14.9 Å². The van der Waals surface area contributed by atoms with Crippen LogP contribution in [0.3, 0.4) is 0 Å². The molecular weight excluding hydrogens is 272 g/mol. The second kappa shape index (κ2) is 6.00. The van der Waals surface area contributed by atoms with Crippen molar-refractivity contribution in [3.8, 4) is 0 Å². The highest BCUT2D eigenvalue weighted by Crippen LogP contribution is 2.17. The van der Waals surface area contributed by atoms with E-state index < -0.39 is 0 Å². The third kappa shape index (κ3) is 2.96. The van der Waals surface area contributed by atoms with Crippen LogP contribution in [0.15, 0.2) is 35.7 Å². The molecule has 2 aromatic rings. The van der Waals surface area contributed by atoms with E-state index in [1.54, 1.807) is 5.38 Å². The van der Waals surface area contributed by atoms with E-state index in [1.807, 2.05) is 35.2 Å². The molecule has 104 valence electrons. The molecule has 1 aromatic heterocycles. The molecule has 20 heavy (non-hydrogen) atoms. The van der Waals surface area contributed by atoms with Crippen molar-refractivity contribution in [1.82, 2.24) is 14.5 Å². The van der Waals surface area contributed by atoms with Crippen molar-refractivity contribution in [3.63, 3.8) is 0 Å². The number of anilines is 1. The van der Waals surface area contributed by atoms with Crippen molar-refractivity contribution in [2.24, 2.45) is 0 Å². The molecule has 0 unspecified atom stereocenters. The van der Waals surface area contributed by atoms with Gasteiger partial charge in [0.05, 0.1) is 0 Å². The number of amides is 1. The highest BCUT2D eigenvalue weighted by atomic mass is 32.1. The molecule has 1 aliphatic rings. The summed E-state index contributed by atoms with van der Waals surface area (Å²) in [6.07, 6.45) is 2.09. The van der Waals surface area contributed by atoms with Gasteiger partial charge in [-0.25, -0.2) is 0 Å². The summed E-state index contributed by atoms with van der Waals surface area (Å²) in [6, 6.07) is 10.4. The minimum Gasteiger partial charge on any atom is -0.381 e. The van der Waals surface area contributed by atoms with Crippen molar-refractivity contribution < 1.29 is 4.79 Å². The number of aromatic nitrogens is 2. The fourth-order valence-corrected chi connectivity index (χ4v) is 2.90. The second-order valence-electron chi connectivity index (χ2n) is 4.89. The van der Waals surface area contributed by atoms with Gasteiger partial charge in [-0.05, 0) is 36.5 Å². The predicted octanol–water partition coefficient (Wildman–Crippen LogP) is 2.25. The van der Waals surface area contributed by atoms with E-state index in [4.69, 9.17) is 0 Å². The largest absolute Gasteiger partial charge is 0.381 e. The number of likely N-dealkylation sites (tertiary alicyclic amines) is 1. The van der Waals surface area contributed by atoms with Gasteiger partial charge in [0, 0.05) is 30.2 Å². The summed E-state index contributed by atoms with van der Waals surface area (Å²) in [7, 11) is 0. The highest BCUT2D eigenvalue weighted by Gasteiger charge is 2.25. The number of benzene rings is 1. The zero-order valence-electron chi connectivity index (χ0n) is 11.0. The first-order chi connectivity index (χ1) is 9.83. The molecule has 1 saturated heterocycles. The Hall–Kier alpha value is -1.95. The Morgan fingerprint density at radius 1 is 1.35 bits per heavy atom. The summed E-state index contributed by atoms with van der Waals surface area (Å²) in [5.41, 5.74) is 1.55. The van der Waals surface area contributed by atoms with Crippen LogP contribution in [0, 0.1) is 0 Å². The van der Waals surface area contributed by atoms with Gasteiger partial charge >= 0.3 is 0 Å². The van der Waals surface area contributed by atoms with Crippen LogP contribution >= 0.6 is 11.5 Å². The fourth-order valence-electron chi connectivity index (χ4n) is 2.47. The van der Waals surface area contributed by atoms with Crippen LogP contribution in [-0.4, -0.2) is 39.5 Å². The predicted molar refractivity (Wildman–Crippen MR) is 78.9 cm³/mol. The zero-order valence-corrected chi connectivity index (χ0v) is 11.8. The Bertz CT molecular complexity index is 558. The molecule has 0 bridgehead atoms. The van der Waals surface area contributed by atoms with Gasteiger partial charge in [0.15, 0.2) is 5.69 Å². The molecule has 1 N–H and O–H groups in total. The molecule has 3 rings (SSSR count). The van der Waals surface area contributed by atoms with Gasteiger partial charge in [-0.15, -0.1) is 5.10 Å². The van der Waals surface area contributed by atoms with E-state index in [-0.39, 0.29) is 5.91 Å². The molecule has 0 spiro atoms. The fraction of sp³-hybridized carbons (Fsp3) is 0.357. The van der Waals surface area contributed by atoms with Crippen molar-refractivity contribution in [3.05, 3.63) is 41.4 Å². The van der Waals surface area contributed by atoms with Crippen molar-refractivity contribution in [2.45, 2.75) is 18.9 Å². The molecule has 2 heterocycles. The topological polar surface area (TPSA) is 58.1 Å². The van der Waals surface area contributed by atoms with Gasteiger partial charge in [-0.1, -0.05) is 22.7 Å². The number of nitrogens with zero attached hydrogens (tertiary/aromatic N) is 3. The van der Waals surface area contributed by atoms with Gasteiger partial charge in [-0.2, -0.15) is 0 Å². The second-order valence-corrected chi connectivity index (χ2v) is 5.50. The van der Waals surface area contributed by atoms with E-state index in [9.17, 15) is 4.79 Å². The first kappa shape index (κ1) is 13.1. The summed E-state index contributed by atoms with van der Waals surface area (Å²) in [6.45, 7) is 1.51. The number of hydrogen-bond acceptors (Lipinski definition) is 5. The number of rotatable bonds is 3. The van der Waals surface area contributed by atoms with Crippen molar-refractivity contribution >= 4 is 23.1 Å². The Morgan fingerprint density at radius 3 is 2.95 bits per heavy atom. The zero-order chi connectivity index (χ0) is 13.8. The van der Waals surface area contributed by atoms with Gasteiger partial charge in [0.1, 0.15) is 0 Å². The van der Waals surface area contributed by atoms with Gasteiger partial charge in [0.2, 0.25) is 0 Å².